The Hall–Kier alpha value is -1.38. The van der Waals surface area contributed by atoms with E-state index in [-0.39, 0.29) is 11.0 Å². The summed E-state index contributed by atoms with van der Waals surface area (Å²) in [4.78, 5) is 0. The van der Waals surface area contributed by atoms with Crippen LogP contribution in [0.3, 0.4) is 0 Å². The van der Waals surface area contributed by atoms with E-state index in [9.17, 15) is 0 Å². The number of hydrogen-bond acceptors (Lipinski definition) is 3. The third-order valence-electron chi connectivity index (χ3n) is 2.69. The van der Waals surface area contributed by atoms with Crippen LogP contribution in [0.2, 0.25) is 0 Å². The summed E-state index contributed by atoms with van der Waals surface area (Å²) in [5, 5.41) is 3.54. The van der Waals surface area contributed by atoms with Gasteiger partial charge in [0.2, 0.25) is 0 Å². The molecule has 3 N–H and O–H groups in total. The highest BCUT2D eigenvalue weighted by Crippen LogP contribution is 2.32. The molecule has 0 aliphatic rings. The van der Waals surface area contributed by atoms with Crippen molar-refractivity contribution >= 4 is 11.4 Å². The minimum absolute atomic E-state index is 0.0272. The summed E-state index contributed by atoms with van der Waals surface area (Å²) < 4.78 is 5.24. The smallest absolute Gasteiger partial charge is 0.143 e. The molecule has 0 heterocycles. The molecule has 1 rings (SSSR count). The molecule has 0 saturated carbocycles. The molecule has 0 saturated heterocycles. The lowest BCUT2D eigenvalue weighted by Gasteiger charge is -2.34. The van der Waals surface area contributed by atoms with Gasteiger partial charge < -0.3 is 15.8 Å². The maximum atomic E-state index is 5.81. The first-order valence-electron chi connectivity index (χ1n) is 6.35. The predicted octanol–water partition coefficient (Wildman–Crippen LogP) is 3.90. The minimum atomic E-state index is 0.0272. The monoisotopic (exact) mass is 250 g/mol. The zero-order valence-corrected chi connectivity index (χ0v) is 12.4. The van der Waals surface area contributed by atoms with Gasteiger partial charge in [0.15, 0.2) is 0 Å². The Balaban J connectivity index is 2.84. The van der Waals surface area contributed by atoms with E-state index in [1.54, 1.807) is 7.11 Å². The van der Waals surface area contributed by atoms with E-state index in [1.165, 1.54) is 0 Å². The maximum Gasteiger partial charge on any atom is 0.143 e. The van der Waals surface area contributed by atoms with Crippen LogP contribution in [0.5, 0.6) is 5.75 Å². The molecular formula is C15H26N2O. The van der Waals surface area contributed by atoms with Crippen LogP contribution in [0.4, 0.5) is 11.4 Å². The number of nitrogens with two attached hydrogens (primary N) is 1. The molecule has 1 aromatic rings. The second kappa shape index (κ2) is 5.09. The van der Waals surface area contributed by atoms with Gasteiger partial charge in [-0.2, -0.15) is 0 Å². The number of nitrogen functional groups attached to an aromatic ring is 1. The van der Waals surface area contributed by atoms with Crippen LogP contribution in [0, 0.1) is 5.41 Å². The Morgan fingerprint density at radius 1 is 1.17 bits per heavy atom. The summed E-state index contributed by atoms with van der Waals surface area (Å²) in [6.07, 6.45) is 1.08. The van der Waals surface area contributed by atoms with Gasteiger partial charge in [-0.25, -0.2) is 0 Å². The van der Waals surface area contributed by atoms with E-state index < -0.39 is 0 Å². The van der Waals surface area contributed by atoms with Crippen LogP contribution < -0.4 is 15.8 Å². The number of hydrogen-bond donors (Lipinski definition) is 2. The second-order valence-corrected chi connectivity index (χ2v) is 6.70. The van der Waals surface area contributed by atoms with Gasteiger partial charge in [-0.1, -0.05) is 20.8 Å². The SMILES string of the molecule is COc1cc(NC(C)(C)CC(C)(C)C)ccc1N. The highest BCUT2D eigenvalue weighted by Gasteiger charge is 2.25. The van der Waals surface area contributed by atoms with Crippen molar-refractivity contribution in [1.29, 1.82) is 0 Å². The molecule has 3 nitrogen and oxygen atoms in total. The lowest BCUT2D eigenvalue weighted by Crippen LogP contribution is -2.35. The molecule has 0 amide bonds. The van der Waals surface area contributed by atoms with Gasteiger partial charge >= 0.3 is 0 Å². The quantitative estimate of drug-likeness (QED) is 0.797. The number of methoxy groups -OCH3 is 1. The Kier molecular flexibility index (Phi) is 4.15. The van der Waals surface area contributed by atoms with Gasteiger partial charge in [-0.05, 0) is 37.8 Å². The van der Waals surface area contributed by atoms with Crippen molar-refractivity contribution in [3.05, 3.63) is 18.2 Å². The Bertz CT molecular complexity index is 405. The summed E-state index contributed by atoms with van der Waals surface area (Å²) in [5.41, 5.74) is 7.83. The van der Waals surface area contributed by atoms with Crippen molar-refractivity contribution in [1.82, 2.24) is 0 Å². The maximum absolute atomic E-state index is 5.81. The van der Waals surface area contributed by atoms with Gasteiger partial charge in [-0.3, -0.25) is 0 Å². The molecular weight excluding hydrogens is 224 g/mol. The number of ether oxygens (including phenoxy) is 1. The average molecular weight is 250 g/mol. The van der Waals surface area contributed by atoms with Gasteiger partial charge in [0.05, 0.1) is 12.8 Å². The first-order valence-corrected chi connectivity index (χ1v) is 6.35. The van der Waals surface area contributed by atoms with Gasteiger partial charge in [-0.15, -0.1) is 0 Å². The molecule has 1 aromatic carbocycles. The van der Waals surface area contributed by atoms with E-state index in [0.29, 0.717) is 11.4 Å². The standard InChI is InChI=1S/C15H26N2O/c1-14(2,3)10-15(4,5)17-11-7-8-12(16)13(9-11)18-6/h7-9,17H,10,16H2,1-6H3. The molecule has 0 aliphatic heterocycles. The molecule has 3 heteroatoms. The van der Waals surface area contributed by atoms with E-state index in [0.717, 1.165) is 12.1 Å². The van der Waals surface area contributed by atoms with Gasteiger partial charge in [0.1, 0.15) is 5.75 Å². The molecule has 18 heavy (non-hydrogen) atoms. The molecule has 0 atom stereocenters. The van der Waals surface area contributed by atoms with Crippen molar-refractivity contribution < 1.29 is 4.74 Å². The molecule has 0 radical (unpaired) electrons. The Morgan fingerprint density at radius 3 is 2.28 bits per heavy atom. The Morgan fingerprint density at radius 2 is 1.78 bits per heavy atom. The number of nitrogens with one attached hydrogen (secondary N) is 1. The van der Waals surface area contributed by atoms with Crippen molar-refractivity contribution in [2.45, 2.75) is 46.6 Å². The lowest BCUT2D eigenvalue weighted by molar-refractivity contribution is 0.302. The highest BCUT2D eigenvalue weighted by molar-refractivity contribution is 5.61. The van der Waals surface area contributed by atoms with Gasteiger partial charge in [0, 0.05) is 17.3 Å². The van der Waals surface area contributed by atoms with Gasteiger partial charge in [0.25, 0.3) is 0 Å². The summed E-state index contributed by atoms with van der Waals surface area (Å²) in [6.45, 7) is 11.2. The third kappa shape index (κ3) is 4.47. The van der Waals surface area contributed by atoms with Crippen LogP contribution in [-0.2, 0) is 0 Å². The fourth-order valence-electron chi connectivity index (χ4n) is 2.55. The molecule has 0 unspecified atom stereocenters. The predicted molar refractivity (Wildman–Crippen MR) is 79.2 cm³/mol. The van der Waals surface area contributed by atoms with Crippen LogP contribution >= 0.6 is 0 Å². The Labute approximate surface area is 111 Å². The topological polar surface area (TPSA) is 47.3 Å². The lowest BCUT2D eigenvalue weighted by atomic mass is 9.81. The normalized spacial score (nSPS) is 12.3. The van der Waals surface area contributed by atoms with E-state index in [4.69, 9.17) is 10.5 Å². The van der Waals surface area contributed by atoms with E-state index >= 15 is 0 Å². The summed E-state index contributed by atoms with van der Waals surface area (Å²) in [6, 6.07) is 5.80. The number of benzene rings is 1. The second-order valence-electron chi connectivity index (χ2n) is 6.70. The summed E-state index contributed by atoms with van der Waals surface area (Å²) in [5.74, 6) is 0.714. The first-order chi connectivity index (χ1) is 8.13. The fraction of sp³-hybridized carbons (Fsp3) is 0.600. The first kappa shape index (κ1) is 14.7. The fourth-order valence-corrected chi connectivity index (χ4v) is 2.55. The van der Waals surface area contributed by atoms with Crippen LogP contribution in [0.1, 0.15) is 41.0 Å². The minimum Gasteiger partial charge on any atom is -0.495 e. The third-order valence-corrected chi connectivity index (χ3v) is 2.69. The van der Waals surface area contributed by atoms with Crippen molar-refractivity contribution in [3.63, 3.8) is 0 Å². The summed E-state index contributed by atoms with van der Waals surface area (Å²) >= 11 is 0. The molecule has 0 bridgehead atoms. The summed E-state index contributed by atoms with van der Waals surface area (Å²) in [7, 11) is 1.63. The zero-order chi connectivity index (χ0) is 14.0. The van der Waals surface area contributed by atoms with Crippen LogP contribution in [0.25, 0.3) is 0 Å². The van der Waals surface area contributed by atoms with Crippen molar-refractivity contribution in [2.75, 3.05) is 18.2 Å². The number of anilines is 2. The molecule has 0 spiro atoms. The van der Waals surface area contributed by atoms with Crippen LogP contribution in [-0.4, -0.2) is 12.6 Å². The molecule has 0 aromatic heterocycles. The van der Waals surface area contributed by atoms with Crippen molar-refractivity contribution in [2.24, 2.45) is 5.41 Å². The van der Waals surface area contributed by atoms with E-state index in [1.807, 2.05) is 18.2 Å². The molecule has 0 aliphatic carbocycles. The zero-order valence-electron chi connectivity index (χ0n) is 12.4. The van der Waals surface area contributed by atoms with Crippen LogP contribution in [0.15, 0.2) is 18.2 Å². The average Bonchev–Trinajstić information content (AvgIpc) is 2.16. The van der Waals surface area contributed by atoms with Crippen molar-refractivity contribution in [3.8, 4) is 5.75 Å². The number of rotatable bonds is 4. The highest BCUT2D eigenvalue weighted by atomic mass is 16.5. The molecule has 102 valence electrons. The molecule has 0 fully saturated rings. The van der Waals surface area contributed by atoms with E-state index in [2.05, 4.69) is 39.9 Å². The largest absolute Gasteiger partial charge is 0.495 e.